The summed E-state index contributed by atoms with van der Waals surface area (Å²) < 4.78 is 5.30. The van der Waals surface area contributed by atoms with Gasteiger partial charge in [0.05, 0.1) is 29.4 Å². The van der Waals surface area contributed by atoms with Gasteiger partial charge in [0.25, 0.3) is 11.6 Å². The molecule has 2 heterocycles. The fraction of sp³-hybridized carbons (Fsp3) is 0.588. The van der Waals surface area contributed by atoms with Crippen LogP contribution in [0.2, 0.25) is 0 Å². The number of ether oxygens (including phenoxy) is 1. The Morgan fingerprint density at radius 1 is 1.24 bits per heavy atom. The third kappa shape index (κ3) is 3.91. The normalized spacial score (nSPS) is 24.2. The molecule has 3 rings (SSSR count). The number of piperazine rings is 1. The number of carbonyl (C=O) groups is 1. The van der Waals surface area contributed by atoms with E-state index in [1.807, 2.05) is 0 Å². The highest BCUT2D eigenvalue weighted by Gasteiger charge is 2.28. The minimum absolute atomic E-state index is 0.0587. The molecule has 0 spiro atoms. The Hall–Kier alpha value is -2.19. The van der Waals surface area contributed by atoms with Crippen molar-refractivity contribution in [3.05, 3.63) is 33.9 Å². The first-order chi connectivity index (χ1) is 12.0. The number of rotatable bonds is 3. The first-order valence-corrected chi connectivity index (χ1v) is 8.62. The highest BCUT2D eigenvalue weighted by Crippen LogP contribution is 2.28. The molecule has 2 saturated heterocycles. The molecule has 0 bridgehead atoms. The summed E-state index contributed by atoms with van der Waals surface area (Å²) in [6.45, 7) is 7.71. The number of nitro benzene ring substituents is 1. The van der Waals surface area contributed by atoms with Gasteiger partial charge in [-0.2, -0.15) is 0 Å². The third-order valence-corrected chi connectivity index (χ3v) is 4.62. The summed E-state index contributed by atoms with van der Waals surface area (Å²) in [6, 6.07) is 5.15. The summed E-state index contributed by atoms with van der Waals surface area (Å²) >= 11 is 0. The van der Waals surface area contributed by atoms with Crippen LogP contribution in [0.25, 0.3) is 0 Å². The second kappa shape index (κ2) is 7.37. The highest BCUT2D eigenvalue weighted by molar-refractivity contribution is 6.00. The van der Waals surface area contributed by atoms with E-state index in [9.17, 15) is 14.9 Å². The van der Waals surface area contributed by atoms with E-state index in [4.69, 9.17) is 4.74 Å². The van der Waals surface area contributed by atoms with Crippen LogP contribution in [0.4, 0.5) is 11.4 Å². The summed E-state index contributed by atoms with van der Waals surface area (Å²) in [5.41, 5.74) is 1.11. The van der Waals surface area contributed by atoms with E-state index in [0.717, 1.165) is 18.8 Å². The largest absolute Gasteiger partial charge is 0.378 e. The minimum atomic E-state index is -0.455. The molecule has 25 heavy (non-hydrogen) atoms. The first kappa shape index (κ1) is 17.6. The van der Waals surface area contributed by atoms with Crippen molar-refractivity contribution in [2.75, 3.05) is 44.3 Å². The molecule has 8 heteroatoms. The van der Waals surface area contributed by atoms with Crippen molar-refractivity contribution in [2.24, 2.45) is 0 Å². The number of morpholine rings is 1. The van der Waals surface area contributed by atoms with Gasteiger partial charge >= 0.3 is 0 Å². The molecule has 1 amide bonds. The second-order valence-corrected chi connectivity index (χ2v) is 6.74. The van der Waals surface area contributed by atoms with Crippen LogP contribution in [0.3, 0.4) is 0 Å². The minimum Gasteiger partial charge on any atom is -0.378 e. The molecular weight excluding hydrogens is 324 g/mol. The van der Waals surface area contributed by atoms with Crippen molar-refractivity contribution in [3.63, 3.8) is 0 Å². The van der Waals surface area contributed by atoms with Crippen molar-refractivity contribution < 1.29 is 14.5 Å². The van der Waals surface area contributed by atoms with Crippen LogP contribution in [0, 0.1) is 10.1 Å². The fourth-order valence-electron chi connectivity index (χ4n) is 3.54. The zero-order valence-corrected chi connectivity index (χ0v) is 14.6. The summed E-state index contributed by atoms with van der Waals surface area (Å²) in [4.78, 5) is 27.6. The Bertz CT molecular complexity index is 650. The van der Waals surface area contributed by atoms with Crippen LogP contribution >= 0.6 is 0 Å². The Morgan fingerprint density at radius 2 is 1.88 bits per heavy atom. The monoisotopic (exact) mass is 348 g/mol. The van der Waals surface area contributed by atoms with Gasteiger partial charge in [-0.15, -0.1) is 0 Å². The molecule has 0 unspecified atom stereocenters. The lowest BCUT2D eigenvalue weighted by molar-refractivity contribution is -0.384. The summed E-state index contributed by atoms with van der Waals surface area (Å²) in [6.07, 6.45) is 0. The van der Waals surface area contributed by atoms with Gasteiger partial charge < -0.3 is 19.9 Å². The molecule has 8 nitrogen and oxygen atoms in total. The molecule has 0 saturated carbocycles. The van der Waals surface area contributed by atoms with Crippen LogP contribution in [0.15, 0.2) is 18.2 Å². The van der Waals surface area contributed by atoms with Gasteiger partial charge in [-0.3, -0.25) is 14.9 Å². The standard InChI is InChI=1S/C17H24N4O4/c1-12-10-20(11-13(2)18-12)16-4-3-14(21(23)24)9-15(16)17(22)19-5-7-25-8-6-19/h3-4,9,12-13,18H,5-8,10-11H2,1-2H3/t12-,13-/m0/s1. The third-order valence-electron chi connectivity index (χ3n) is 4.62. The number of amides is 1. The molecule has 0 aromatic heterocycles. The molecule has 1 N–H and O–H groups in total. The lowest BCUT2D eigenvalue weighted by Gasteiger charge is -2.39. The van der Waals surface area contributed by atoms with Gasteiger partial charge in [0, 0.05) is 50.4 Å². The number of non-ortho nitro benzene ring substituents is 1. The zero-order valence-electron chi connectivity index (χ0n) is 14.6. The lowest BCUT2D eigenvalue weighted by Crippen LogP contribution is -2.54. The number of nitrogens with zero attached hydrogens (tertiary/aromatic N) is 3. The number of benzene rings is 1. The van der Waals surface area contributed by atoms with E-state index < -0.39 is 4.92 Å². The maximum Gasteiger partial charge on any atom is 0.270 e. The molecule has 2 fully saturated rings. The van der Waals surface area contributed by atoms with E-state index in [1.54, 1.807) is 11.0 Å². The average Bonchev–Trinajstić information content (AvgIpc) is 2.60. The molecule has 0 aliphatic carbocycles. The molecule has 0 radical (unpaired) electrons. The Labute approximate surface area is 146 Å². The molecule has 2 aliphatic rings. The molecule has 1 aromatic rings. The predicted molar refractivity (Wildman–Crippen MR) is 94.1 cm³/mol. The summed E-state index contributed by atoms with van der Waals surface area (Å²) in [7, 11) is 0. The zero-order chi connectivity index (χ0) is 18.0. The van der Waals surface area contributed by atoms with E-state index in [0.29, 0.717) is 31.9 Å². The number of anilines is 1. The molecular formula is C17H24N4O4. The maximum absolute atomic E-state index is 13.0. The van der Waals surface area contributed by atoms with Gasteiger partial charge in [0.1, 0.15) is 0 Å². The maximum atomic E-state index is 13.0. The van der Waals surface area contributed by atoms with Crippen molar-refractivity contribution in [1.82, 2.24) is 10.2 Å². The second-order valence-electron chi connectivity index (χ2n) is 6.74. The number of hydrogen-bond donors (Lipinski definition) is 1. The van der Waals surface area contributed by atoms with Crippen molar-refractivity contribution >= 4 is 17.3 Å². The van der Waals surface area contributed by atoms with E-state index in [-0.39, 0.29) is 23.7 Å². The topological polar surface area (TPSA) is 88.0 Å². The van der Waals surface area contributed by atoms with Gasteiger partial charge in [-0.05, 0) is 19.9 Å². The number of nitro groups is 1. The predicted octanol–water partition coefficient (Wildman–Crippen LogP) is 1.25. The van der Waals surface area contributed by atoms with Crippen LogP contribution < -0.4 is 10.2 Å². The van der Waals surface area contributed by atoms with Gasteiger partial charge in [0.15, 0.2) is 0 Å². The van der Waals surface area contributed by atoms with Crippen molar-refractivity contribution in [3.8, 4) is 0 Å². The fourth-order valence-corrected chi connectivity index (χ4v) is 3.54. The quantitative estimate of drug-likeness (QED) is 0.653. The van der Waals surface area contributed by atoms with Crippen molar-refractivity contribution in [1.29, 1.82) is 0 Å². The smallest absolute Gasteiger partial charge is 0.270 e. The van der Waals surface area contributed by atoms with Crippen LogP contribution in [0.5, 0.6) is 0 Å². The van der Waals surface area contributed by atoms with Gasteiger partial charge in [-0.1, -0.05) is 0 Å². The van der Waals surface area contributed by atoms with Crippen LogP contribution in [-0.2, 0) is 4.74 Å². The first-order valence-electron chi connectivity index (χ1n) is 8.62. The molecule has 136 valence electrons. The van der Waals surface area contributed by atoms with E-state index >= 15 is 0 Å². The average molecular weight is 348 g/mol. The SMILES string of the molecule is C[C@H]1CN(c2ccc([N+](=O)[O-])cc2C(=O)N2CCOCC2)C[C@H](C)N1. The molecule has 2 atom stereocenters. The molecule has 2 aliphatic heterocycles. The number of nitrogens with one attached hydrogen (secondary N) is 1. The Morgan fingerprint density at radius 3 is 2.48 bits per heavy atom. The number of carbonyl (C=O) groups excluding carboxylic acids is 1. The van der Waals surface area contributed by atoms with E-state index in [2.05, 4.69) is 24.1 Å². The van der Waals surface area contributed by atoms with Crippen molar-refractivity contribution in [2.45, 2.75) is 25.9 Å². The number of hydrogen-bond acceptors (Lipinski definition) is 6. The van der Waals surface area contributed by atoms with Gasteiger partial charge in [0.2, 0.25) is 0 Å². The lowest BCUT2D eigenvalue weighted by atomic mass is 10.1. The Balaban J connectivity index is 1.96. The summed E-state index contributed by atoms with van der Waals surface area (Å²) in [5.74, 6) is -0.166. The molecule has 1 aromatic carbocycles. The van der Waals surface area contributed by atoms with Crippen LogP contribution in [-0.4, -0.2) is 67.2 Å². The Kier molecular flexibility index (Phi) is 5.19. The van der Waals surface area contributed by atoms with E-state index in [1.165, 1.54) is 12.1 Å². The highest BCUT2D eigenvalue weighted by atomic mass is 16.6. The van der Waals surface area contributed by atoms with Gasteiger partial charge in [-0.25, -0.2) is 0 Å². The summed E-state index contributed by atoms with van der Waals surface area (Å²) in [5, 5.41) is 14.6. The van der Waals surface area contributed by atoms with Crippen LogP contribution in [0.1, 0.15) is 24.2 Å².